The second kappa shape index (κ2) is 26.2. The Labute approximate surface area is 287 Å². The van der Waals surface area contributed by atoms with Crippen molar-refractivity contribution in [3.05, 3.63) is 29.8 Å². The average Bonchev–Trinajstić information content (AvgIpc) is 2.84. The minimum atomic E-state index is -4.94. The second-order valence-electron chi connectivity index (χ2n) is 10.8. The fourth-order valence-electron chi connectivity index (χ4n) is 4.45. The molecule has 0 bridgehead atoms. The van der Waals surface area contributed by atoms with Gasteiger partial charge in [0, 0.05) is 78.5 Å². The SMILES string of the molecule is C[C@H](O)CN1CCN(C[C@H](C)O)CCN(C[C@H](C)O)CCN(C[C@H](C)O)CC1.O.O=C(O)c1ccccc1[O-].[Cd+2].[O-][Cl+3]([O-])([O-])[O-]. The Balaban J connectivity index is -0.000000854. The molecule has 7 N–H and O–H groups in total. The Morgan fingerprint density at radius 2 is 0.889 bits per heavy atom. The minimum absolute atomic E-state index is 0. The molecule has 1 aromatic rings. The second-order valence-corrected chi connectivity index (χ2v) is 11.5. The number of aliphatic hydroxyl groups excluding tert-OH is 4. The molecule has 1 aliphatic heterocycles. The van der Waals surface area contributed by atoms with Crippen LogP contribution in [0.15, 0.2) is 24.3 Å². The summed E-state index contributed by atoms with van der Waals surface area (Å²) in [5, 5.41) is 58.5. The van der Waals surface area contributed by atoms with E-state index in [1.54, 1.807) is 0 Å². The molecule has 4 atom stereocenters. The number of aliphatic hydroxyl groups is 4. The van der Waals surface area contributed by atoms with E-state index < -0.39 is 22.0 Å². The maximum absolute atomic E-state index is 10.7. The molecular weight excluding hydrogens is 720 g/mol. The van der Waals surface area contributed by atoms with E-state index in [0.717, 1.165) is 52.4 Å². The number of β-amino-alcohol motifs (C(OH)–C–C–N with tert-alkyl or cyclic N) is 4. The molecule has 0 saturated carbocycles. The third-order valence-corrected chi connectivity index (χ3v) is 6.14. The zero-order valence-corrected chi connectivity index (χ0v) is 31.5. The molecule has 260 valence electrons. The van der Waals surface area contributed by atoms with Gasteiger partial charge in [-0.25, -0.2) is 23.4 Å². The van der Waals surface area contributed by atoms with Gasteiger partial charge in [0.15, 0.2) is 0 Å². The van der Waals surface area contributed by atoms with Crippen LogP contribution in [-0.4, -0.2) is 160 Å². The molecule has 18 heteroatoms. The summed E-state index contributed by atoms with van der Waals surface area (Å²) < 4.78 is 34.0. The van der Waals surface area contributed by atoms with Gasteiger partial charge in [-0.3, -0.25) is 19.6 Å². The number of hydrogen-bond acceptors (Lipinski definition) is 14. The standard InChI is InChI=1S/C20H44N4O4.C7H6O3.Cd.ClHO4.H2O/c1-17(25)13-21-5-7-22(14-18(2)26)9-11-24(16-20(4)28)12-10-23(8-6-21)15-19(3)27;8-6-4-2-1-3-5(6)7(9)10;;2-1(3,4)5;/h17-20,25-28H,5-16H2,1-4H3;1-4,8H,(H,9,10);;(H,2,3,4,5);1H2/q;;+2;;/p-2/t17-,18-,19-,20-;;;;/m0..../s1. The number of para-hydroxylation sites is 1. The number of rotatable bonds is 9. The summed E-state index contributed by atoms with van der Waals surface area (Å²) in [5.74, 6) is -1.62. The molecule has 1 aliphatic rings. The monoisotopic (exact) mass is 772 g/mol. The van der Waals surface area contributed by atoms with E-state index in [2.05, 4.69) is 19.6 Å². The van der Waals surface area contributed by atoms with Crippen molar-refractivity contribution in [1.29, 1.82) is 0 Å². The van der Waals surface area contributed by atoms with Crippen LogP contribution < -0.4 is 23.7 Å². The number of aromatic carboxylic acids is 1. The first-order chi connectivity index (χ1) is 19.9. The number of halogens is 1. The van der Waals surface area contributed by atoms with Crippen molar-refractivity contribution < 1.29 is 97.1 Å². The summed E-state index contributed by atoms with van der Waals surface area (Å²) in [4.78, 5) is 19.3. The van der Waals surface area contributed by atoms with Crippen LogP contribution in [0, 0.1) is 10.2 Å². The first kappa shape index (κ1) is 48.6. The maximum Gasteiger partial charge on any atom is 2.00 e. The van der Waals surface area contributed by atoms with Crippen LogP contribution in [0.5, 0.6) is 5.75 Å². The van der Waals surface area contributed by atoms with Crippen LogP contribution in [0.25, 0.3) is 0 Å². The van der Waals surface area contributed by atoms with E-state index in [-0.39, 0.29) is 62.8 Å². The molecule has 0 aromatic heterocycles. The number of carbonyl (C=O) groups is 1. The molecular formula is C27H51CdClN4O12. The Bertz CT molecular complexity index is 790. The number of hydrogen-bond donors (Lipinski definition) is 5. The quantitative estimate of drug-likeness (QED) is 0.146. The van der Waals surface area contributed by atoms with E-state index in [1.807, 2.05) is 27.7 Å². The molecule has 16 nitrogen and oxygen atoms in total. The maximum atomic E-state index is 10.7. The smallest absolute Gasteiger partial charge is 0.872 e. The summed E-state index contributed by atoms with van der Waals surface area (Å²) in [6.45, 7) is 16.4. The van der Waals surface area contributed by atoms with E-state index in [9.17, 15) is 30.3 Å². The van der Waals surface area contributed by atoms with E-state index in [4.69, 9.17) is 23.7 Å². The number of carboxylic acid groups (broad SMARTS) is 1. The van der Waals surface area contributed by atoms with Crippen LogP contribution >= 0.6 is 0 Å². The Hall–Kier alpha value is -0.818. The minimum Gasteiger partial charge on any atom is -0.872 e. The van der Waals surface area contributed by atoms with Crippen molar-refractivity contribution in [2.45, 2.75) is 52.1 Å². The van der Waals surface area contributed by atoms with Crippen LogP contribution in [0.1, 0.15) is 38.1 Å². The van der Waals surface area contributed by atoms with Crippen LogP contribution in [-0.2, 0) is 27.3 Å². The molecule has 1 heterocycles. The van der Waals surface area contributed by atoms with Gasteiger partial charge in [-0.2, -0.15) is 0 Å². The topological polar surface area (TPSA) is 278 Å². The van der Waals surface area contributed by atoms with Crippen molar-refractivity contribution in [3.63, 3.8) is 0 Å². The number of benzene rings is 1. The number of nitrogens with zero attached hydrogens (tertiary/aromatic N) is 4. The Morgan fingerprint density at radius 1 is 0.667 bits per heavy atom. The third kappa shape index (κ3) is 29.1. The van der Waals surface area contributed by atoms with Crippen LogP contribution in [0.2, 0.25) is 0 Å². The molecule has 0 radical (unpaired) electrons. The van der Waals surface area contributed by atoms with Crippen LogP contribution in [0.3, 0.4) is 0 Å². The molecule has 1 saturated heterocycles. The molecule has 1 aromatic carbocycles. The van der Waals surface area contributed by atoms with Gasteiger partial charge in [0.05, 0.1) is 30.0 Å². The van der Waals surface area contributed by atoms with Gasteiger partial charge in [0.25, 0.3) is 0 Å². The molecule has 2 rings (SSSR count). The van der Waals surface area contributed by atoms with Crippen LogP contribution in [0.4, 0.5) is 0 Å². The van der Waals surface area contributed by atoms with Gasteiger partial charge in [0.1, 0.15) is 0 Å². The van der Waals surface area contributed by atoms with Crippen molar-refractivity contribution >= 4 is 5.97 Å². The molecule has 0 amide bonds. The summed E-state index contributed by atoms with van der Waals surface area (Å²) in [6, 6.07) is 5.54. The van der Waals surface area contributed by atoms with Gasteiger partial charge in [-0.1, -0.05) is 23.9 Å². The molecule has 45 heavy (non-hydrogen) atoms. The van der Waals surface area contributed by atoms with Crippen molar-refractivity contribution in [2.24, 2.45) is 0 Å². The normalized spacial score (nSPS) is 18.8. The van der Waals surface area contributed by atoms with E-state index >= 15 is 0 Å². The predicted molar refractivity (Wildman–Crippen MR) is 149 cm³/mol. The number of carboxylic acids is 1. The van der Waals surface area contributed by atoms with Gasteiger partial charge in [-0.15, -0.1) is 10.2 Å². The first-order valence-electron chi connectivity index (χ1n) is 14.1. The zero-order valence-electron chi connectivity index (χ0n) is 26.7. The third-order valence-electron chi connectivity index (χ3n) is 6.14. The van der Waals surface area contributed by atoms with Gasteiger partial charge >= 0.3 is 33.3 Å². The van der Waals surface area contributed by atoms with Crippen molar-refractivity contribution in [2.75, 3.05) is 78.5 Å². The largest absolute Gasteiger partial charge is 2.00 e. The van der Waals surface area contributed by atoms with Gasteiger partial charge in [0.2, 0.25) is 0 Å². The van der Waals surface area contributed by atoms with Gasteiger partial charge < -0.3 is 36.1 Å². The van der Waals surface area contributed by atoms with E-state index in [1.165, 1.54) is 24.3 Å². The summed E-state index contributed by atoms with van der Waals surface area (Å²) in [5.41, 5.74) is -0.178. The molecule has 0 unspecified atom stereocenters. The summed E-state index contributed by atoms with van der Waals surface area (Å²) in [6.07, 6.45) is -1.54. The Morgan fingerprint density at radius 3 is 1.04 bits per heavy atom. The molecule has 0 aliphatic carbocycles. The Kier molecular flexibility index (Phi) is 28.3. The first-order valence-corrected chi connectivity index (χ1v) is 15.3. The summed E-state index contributed by atoms with van der Waals surface area (Å²) in [7, 11) is -4.94. The fourth-order valence-corrected chi connectivity index (χ4v) is 4.45. The van der Waals surface area contributed by atoms with Crippen molar-refractivity contribution in [1.82, 2.24) is 19.6 Å². The molecule has 0 spiro atoms. The zero-order chi connectivity index (χ0) is 33.2. The van der Waals surface area contributed by atoms with Gasteiger partial charge in [-0.05, 0) is 33.8 Å². The van der Waals surface area contributed by atoms with E-state index in [0.29, 0.717) is 26.2 Å². The average molecular weight is 772 g/mol. The fraction of sp³-hybridized carbons (Fsp3) is 0.741. The predicted octanol–water partition coefficient (Wildman–Crippen LogP) is -6.39. The van der Waals surface area contributed by atoms with Crippen molar-refractivity contribution in [3.8, 4) is 5.75 Å². The summed E-state index contributed by atoms with van der Waals surface area (Å²) >= 11 is 0. The molecule has 1 fully saturated rings.